The quantitative estimate of drug-likeness (QED) is 0.353. The van der Waals surface area contributed by atoms with Gasteiger partial charge in [-0.3, -0.25) is 0 Å². The topological polar surface area (TPSA) is 116 Å². The molecule has 48 valence electrons. The van der Waals surface area contributed by atoms with Gasteiger partial charge in [0, 0.05) is 0 Å². The van der Waals surface area contributed by atoms with Crippen LogP contribution in [0, 0.1) is 0 Å². The fourth-order valence-electron chi connectivity index (χ4n) is 0.110. The number of carbonyl (C=O) groups excluding carboxylic acids is 1. The second-order valence-electron chi connectivity index (χ2n) is 0.858. The molecule has 0 aromatic carbocycles. The predicted octanol–water partition coefficient (Wildman–Crippen LogP) is -2.47. The largest absolute Gasteiger partial charge is 2.00 e. The molecule has 1 amide bonds. The van der Waals surface area contributed by atoms with E-state index in [2.05, 4.69) is 10.3 Å². The molecule has 0 heterocycles. The summed E-state index contributed by atoms with van der Waals surface area (Å²) in [6.45, 7) is 0. The second-order valence-corrected chi connectivity index (χ2v) is 1.93. The van der Waals surface area contributed by atoms with Gasteiger partial charge in [-0.2, -0.15) is 0 Å². The Bertz CT molecular complexity index is 140. The Labute approximate surface area is 80.6 Å². The van der Waals surface area contributed by atoms with Crippen LogP contribution < -0.4 is 15.5 Å². The number of phosphoric ester groups is 1. The number of primary amides is 1. The summed E-state index contributed by atoms with van der Waals surface area (Å²) in [5, 5.41) is 0. The summed E-state index contributed by atoms with van der Waals surface area (Å²) in [4.78, 5) is 28.2. The van der Waals surface area contributed by atoms with Crippen molar-refractivity contribution >= 4 is 51.7 Å². The van der Waals surface area contributed by atoms with Crippen LogP contribution >= 0.6 is 7.82 Å². The molecule has 0 aliphatic rings. The fraction of sp³-hybridized carbons (Fsp3) is 0. The standard InChI is InChI=1S/CH4NO5P.Ca/c2-1(3)7-8(4,5)6;/h(H2,2,3)(H2,4,5,6);/q;+2/p-2. The van der Waals surface area contributed by atoms with Crippen LogP contribution in [-0.2, 0) is 9.09 Å². The van der Waals surface area contributed by atoms with E-state index in [0.717, 1.165) is 0 Å². The van der Waals surface area contributed by atoms with Gasteiger partial charge in [0.25, 0.3) is 0 Å². The fourth-order valence-corrected chi connectivity index (χ4v) is 0.331. The van der Waals surface area contributed by atoms with Crippen molar-refractivity contribution in [2.75, 3.05) is 0 Å². The molecule has 0 aromatic rings. The van der Waals surface area contributed by atoms with E-state index >= 15 is 0 Å². The van der Waals surface area contributed by atoms with Crippen molar-refractivity contribution in [1.29, 1.82) is 0 Å². The Morgan fingerprint density at radius 2 is 1.89 bits per heavy atom. The van der Waals surface area contributed by atoms with Gasteiger partial charge < -0.3 is 24.6 Å². The Morgan fingerprint density at radius 3 is 1.89 bits per heavy atom. The normalized spacial score (nSPS) is 9.56. The molecular weight excluding hydrogens is 177 g/mol. The zero-order valence-corrected chi connectivity index (χ0v) is 7.38. The number of phosphoric acid groups is 1. The Morgan fingerprint density at radius 1 is 1.56 bits per heavy atom. The van der Waals surface area contributed by atoms with Gasteiger partial charge in [0.2, 0.25) is 0 Å². The number of amides is 1. The predicted molar refractivity (Wildman–Crippen MR) is 24.0 cm³/mol. The van der Waals surface area contributed by atoms with Crippen LogP contribution in [0.25, 0.3) is 0 Å². The van der Waals surface area contributed by atoms with Gasteiger partial charge in [-0.25, -0.2) is 4.79 Å². The molecule has 6 nitrogen and oxygen atoms in total. The zero-order valence-electron chi connectivity index (χ0n) is 4.27. The molecule has 2 N–H and O–H groups in total. The van der Waals surface area contributed by atoms with E-state index in [0.29, 0.717) is 0 Å². The molecule has 0 aliphatic heterocycles. The Balaban J connectivity index is 0. The van der Waals surface area contributed by atoms with Crippen LogP contribution in [-0.4, -0.2) is 43.8 Å². The first kappa shape index (κ1) is 12.4. The molecular formula is CH2CaNO5P. The number of hydrogen-bond donors (Lipinski definition) is 1. The van der Waals surface area contributed by atoms with Crippen LogP contribution in [0.15, 0.2) is 0 Å². The maximum atomic E-state index is 9.44. The maximum absolute atomic E-state index is 9.44. The van der Waals surface area contributed by atoms with E-state index < -0.39 is 13.9 Å². The Kier molecular flexibility index (Phi) is 6.17. The molecule has 0 atom stereocenters. The molecule has 0 saturated carbocycles. The van der Waals surface area contributed by atoms with Gasteiger partial charge in [-0.15, -0.1) is 0 Å². The molecule has 0 fully saturated rings. The van der Waals surface area contributed by atoms with Gasteiger partial charge in [0.05, 0.1) is 0 Å². The van der Waals surface area contributed by atoms with Gasteiger partial charge in [0.15, 0.2) is 0 Å². The summed E-state index contributed by atoms with van der Waals surface area (Å²) in [5.74, 6) is 0. The van der Waals surface area contributed by atoms with Gasteiger partial charge in [0.1, 0.15) is 7.82 Å². The minimum Gasteiger partial charge on any atom is -0.780 e. The zero-order chi connectivity index (χ0) is 6.78. The second kappa shape index (κ2) is 4.49. The van der Waals surface area contributed by atoms with Crippen LogP contribution in [0.2, 0.25) is 0 Å². The van der Waals surface area contributed by atoms with Crippen molar-refractivity contribution in [2.45, 2.75) is 0 Å². The summed E-state index contributed by atoms with van der Waals surface area (Å²) < 4.78 is 12.4. The van der Waals surface area contributed by atoms with Crippen LogP contribution in [0.5, 0.6) is 0 Å². The van der Waals surface area contributed by atoms with E-state index in [1.54, 1.807) is 0 Å². The molecule has 0 aromatic heterocycles. The van der Waals surface area contributed by atoms with Gasteiger partial charge in [-0.1, -0.05) is 0 Å². The van der Waals surface area contributed by atoms with E-state index in [4.69, 9.17) is 0 Å². The number of rotatable bonds is 1. The van der Waals surface area contributed by atoms with Crippen molar-refractivity contribution in [3.63, 3.8) is 0 Å². The minimum atomic E-state index is -5.20. The van der Waals surface area contributed by atoms with Crippen LogP contribution in [0.1, 0.15) is 0 Å². The summed E-state index contributed by atoms with van der Waals surface area (Å²) in [6, 6.07) is 0. The maximum Gasteiger partial charge on any atom is 2.00 e. The number of nitrogens with two attached hydrogens (primary N) is 1. The summed E-state index contributed by atoms with van der Waals surface area (Å²) in [5.41, 5.74) is 4.15. The molecule has 8 heteroatoms. The van der Waals surface area contributed by atoms with Gasteiger partial charge in [-0.05, 0) is 0 Å². The van der Waals surface area contributed by atoms with E-state index in [1.807, 2.05) is 0 Å². The summed E-state index contributed by atoms with van der Waals surface area (Å²) in [6.07, 6.45) is -1.61. The molecule has 0 bridgehead atoms. The molecule has 0 rings (SSSR count). The van der Waals surface area contributed by atoms with Crippen LogP contribution in [0.3, 0.4) is 0 Å². The average Bonchev–Trinajstić information content (AvgIpc) is 1.21. The first-order valence-electron chi connectivity index (χ1n) is 1.43. The number of carbonyl (C=O) groups is 1. The first-order valence-corrected chi connectivity index (χ1v) is 2.89. The minimum absolute atomic E-state index is 0. The monoisotopic (exact) mass is 179 g/mol. The van der Waals surface area contributed by atoms with Crippen molar-refractivity contribution in [1.82, 2.24) is 0 Å². The SMILES string of the molecule is NC(=O)OP(=O)([O-])[O-].[Ca+2]. The summed E-state index contributed by atoms with van der Waals surface area (Å²) in [7, 11) is -5.20. The molecule has 9 heavy (non-hydrogen) atoms. The molecule has 0 radical (unpaired) electrons. The molecule has 0 saturated heterocycles. The third-order valence-electron chi connectivity index (χ3n) is 0.202. The molecule has 0 spiro atoms. The van der Waals surface area contributed by atoms with E-state index in [9.17, 15) is 19.1 Å². The van der Waals surface area contributed by atoms with Gasteiger partial charge >= 0.3 is 43.8 Å². The third-order valence-corrected chi connectivity index (χ3v) is 0.605. The number of hydrogen-bond acceptors (Lipinski definition) is 5. The van der Waals surface area contributed by atoms with E-state index in [-0.39, 0.29) is 37.7 Å². The first-order chi connectivity index (χ1) is 3.42. The Hall–Kier alpha value is 0.680. The van der Waals surface area contributed by atoms with Crippen molar-refractivity contribution in [3.8, 4) is 0 Å². The summed E-state index contributed by atoms with van der Waals surface area (Å²) >= 11 is 0. The molecule has 0 aliphatic carbocycles. The average molecular weight is 179 g/mol. The third kappa shape index (κ3) is 12.0. The van der Waals surface area contributed by atoms with Crippen molar-refractivity contribution in [3.05, 3.63) is 0 Å². The smallest absolute Gasteiger partial charge is 0.780 e. The van der Waals surface area contributed by atoms with Crippen molar-refractivity contribution in [2.24, 2.45) is 5.73 Å². The van der Waals surface area contributed by atoms with E-state index in [1.165, 1.54) is 0 Å². The van der Waals surface area contributed by atoms with Crippen molar-refractivity contribution < 1.29 is 23.7 Å². The van der Waals surface area contributed by atoms with Crippen LogP contribution in [0.4, 0.5) is 4.79 Å². The molecule has 0 unspecified atom stereocenters.